The highest BCUT2D eigenvalue weighted by atomic mass is 35.5. The smallest absolute Gasteiger partial charge is 0.308 e. The van der Waals surface area contributed by atoms with Crippen LogP contribution in [0, 0.1) is 11.8 Å². The first-order chi connectivity index (χ1) is 9.88. The Morgan fingerprint density at radius 1 is 1.29 bits per heavy atom. The molecular formula is C16H20ClNO3. The minimum absolute atomic E-state index is 0.0349. The molecule has 2 rings (SSSR count). The lowest BCUT2D eigenvalue weighted by Gasteiger charge is -2.17. The van der Waals surface area contributed by atoms with Crippen molar-refractivity contribution in [2.45, 2.75) is 26.2 Å². The van der Waals surface area contributed by atoms with Gasteiger partial charge in [-0.2, -0.15) is 0 Å². The van der Waals surface area contributed by atoms with Gasteiger partial charge >= 0.3 is 5.97 Å². The molecule has 5 heteroatoms. The fraction of sp³-hybridized carbons (Fsp3) is 0.500. The van der Waals surface area contributed by atoms with Gasteiger partial charge in [0, 0.05) is 30.5 Å². The summed E-state index contributed by atoms with van der Waals surface area (Å²) in [7, 11) is 0. The van der Waals surface area contributed by atoms with Crippen LogP contribution in [0.1, 0.15) is 31.7 Å². The van der Waals surface area contributed by atoms with Gasteiger partial charge in [-0.1, -0.05) is 37.6 Å². The van der Waals surface area contributed by atoms with Crippen molar-refractivity contribution in [1.29, 1.82) is 0 Å². The number of likely N-dealkylation sites (tertiary alicyclic amines) is 1. The predicted octanol–water partition coefficient (Wildman–Crippen LogP) is 3.01. The second-order valence-electron chi connectivity index (χ2n) is 6.00. The van der Waals surface area contributed by atoms with Crippen LogP contribution in [-0.2, 0) is 9.59 Å². The third kappa shape index (κ3) is 3.76. The number of benzene rings is 1. The SMILES string of the molecule is CC(C)CC(=O)N1C[C@@H](C(=O)O)[C@H](c2ccc(Cl)cc2)C1. The lowest BCUT2D eigenvalue weighted by atomic mass is 9.89. The molecule has 4 nitrogen and oxygen atoms in total. The number of carbonyl (C=O) groups excluding carboxylic acids is 1. The normalized spacial score (nSPS) is 21.8. The third-order valence-corrected chi connectivity index (χ3v) is 4.12. The van der Waals surface area contributed by atoms with Gasteiger partial charge in [0.25, 0.3) is 0 Å². The van der Waals surface area contributed by atoms with E-state index in [0.717, 1.165) is 5.56 Å². The van der Waals surface area contributed by atoms with E-state index < -0.39 is 11.9 Å². The number of aliphatic carboxylic acids is 1. The molecule has 21 heavy (non-hydrogen) atoms. The molecule has 1 heterocycles. The molecule has 0 aromatic heterocycles. The summed E-state index contributed by atoms with van der Waals surface area (Å²) in [4.78, 5) is 25.3. The van der Waals surface area contributed by atoms with Gasteiger partial charge in [0.1, 0.15) is 0 Å². The zero-order chi connectivity index (χ0) is 15.6. The zero-order valence-electron chi connectivity index (χ0n) is 12.3. The van der Waals surface area contributed by atoms with Crippen LogP contribution in [0.2, 0.25) is 5.02 Å². The monoisotopic (exact) mass is 309 g/mol. The van der Waals surface area contributed by atoms with Crippen molar-refractivity contribution in [2.75, 3.05) is 13.1 Å². The highest BCUT2D eigenvalue weighted by Gasteiger charge is 2.40. The van der Waals surface area contributed by atoms with E-state index in [4.69, 9.17) is 11.6 Å². The minimum atomic E-state index is -0.852. The molecule has 0 bridgehead atoms. The van der Waals surface area contributed by atoms with Crippen molar-refractivity contribution in [2.24, 2.45) is 11.8 Å². The van der Waals surface area contributed by atoms with Crippen LogP contribution >= 0.6 is 11.6 Å². The molecule has 1 aromatic rings. The summed E-state index contributed by atoms with van der Waals surface area (Å²) in [5.41, 5.74) is 0.923. The number of amides is 1. The molecule has 0 radical (unpaired) electrons. The van der Waals surface area contributed by atoms with E-state index in [1.807, 2.05) is 26.0 Å². The predicted molar refractivity (Wildman–Crippen MR) is 81.4 cm³/mol. The van der Waals surface area contributed by atoms with Crippen LogP contribution in [0.4, 0.5) is 0 Å². The zero-order valence-corrected chi connectivity index (χ0v) is 13.0. The fourth-order valence-corrected chi connectivity index (χ4v) is 2.91. The first kappa shape index (κ1) is 15.8. The van der Waals surface area contributed by atoms with Gasteiger partial charge in [0.2, 0.25) is 5.91 Å². The molecular weight excluding hydrogens is 290 g/mol. The molecule has 2 atom stereocenters. The number of carbonyl (C=O) groups is 2. The summed E-state index contributed by atoms with van der Waals surface area (Å²) in [6.07, 6.45) is 0.458. The van der Waals surface area contributed by atoms with Gasteiger partial charge in [-0.3, -0.25) is 9.59 Å². The Bertz CT molecular complexity index is 527. The molecule has 1 saturated heterocycles. The maximum absolute atomic E-state index is 12.2. The highest BCUT2D eigenvalue weighted by Crippen LogP contribution is 2.34. The summed E-state index contributed by atoms with van der Waals surface area (Å²) < 4.78 is 0. The lowest BCUT2D eigenvalue weighted by molar-refractivity contribution is -0.141. The van der Waals surface area contributed by atoms with Crippen molar-refractivity contribution in [3.05, 3.63) is 34.9 Å². The molecule has 0 saturated carbocycles. The quantitative estimate of drug-likeness (QED) is 0.930. The number of rotatable bonds is 4. The van der Waals surface area contributed by atoms with Crippen LogP contribution in [0.3, 0.4) is 0 Å². The maximum atomic E-state index is 12.2. The fourth-order valence-electron chi connectivity index (χ4n) is 2.78. The van der Waals surface area contributed by atoms with Crippen LogP contribution < -0.4 is 0 Å². The Morgan fingerprint density at radius 2 is 1.90 bits per heavy atom. The molecule has 0 unspecified atom stereocenters. The van der Waals surface area contributed by atoms with Crippen LogP contribution in [-0.4, -0.2) is 35.0 Å². The molecule has 1 N–H and O–H groups in total. The topological polar surface area (TPSA) is 57.6 Å². The Kier molecular flexibility index (Phi) is 4.88. The van der Waals surface area contributed by atoms with E-state index in [9.17, 15) is 14.7 Å². The summed E-state index contributed by atoms with van der Waals surface area (Å²) in [6, 6.07) is 7.21. The van der Waals surface area contributed by atoms with Gasteiger partial charge < -0.3 is 10.0 Å². The summed E-state index contributed by atoms with van der Waals surface area (Å²) in [5, 5.41) is 10.0. The maximum Gasteiger partial charge on any atom is 0.308 e. The largest absolute Gasteiger partial charge is 0.481 e. The number of carboxylic acid groups (broad SMARTS) is 1. The summed E-state index contributed by atoms with van der Waals surface area (Å²) in [6.45, 7) is 4.72. The standard InChI is InChI=1S/C16H20ClNO3/c1-10(2)7-15(19)18-8-13(14(9-18)16(20)21)11-3-5-12(17)6-4-11/h3-6,10,13-14H,7-9H2,1-2H3,(H,20,21)/t13-,14+/m0/s1. The number of hydrogen-bond acceptors (Lipinski definition) is 2. The molecule has 1 amide bonds. The molecule has 1 fully saturated rings. The Labute approximate surface area is 129 Å². The first-order valence-corrected chi connectivity index (χ1v) is 7.52. The minimum Gasteiger partial charge on any atom is -0.481 e. The second kappa shape index (κ2) is 6.48. The molecule has 0 spiro atoms. The number of hydrogen-bond donors (Lipinski definition) is 1. The average Bonchev–Trinajstić information content (AvgIpc) is 2.84. The Balaban J connectivity index is 2.18. The Morgan fingerprint density at radius 3 is 2.43 bits per heavy atom. The first-order valence-electron chi connectivity index (χ1n) is 7.14. The van der Waals surface area contributed by atoms with Gasteiger partial charge in [0.15, 0.2) is 0 Å². The number of halogens is 1. The highest BCUT2D eigenvalue weighted by molar-refractivity contribution is 6.30. The van der Waals surface area contributed by atoms with E-state index in [2.05, 4.69) is 0 Å². The van der Waals surface area contributed by atoms with Gasteiger partial charge in [-0.15, -0.1) is 0 Å². The van der Waals surface area contributed by atoms with Gasteiger partial charge in [0.05, 0.1) is 5.92 Å². The van der Waals surface area contributed by atoms with Gasteiger partial charge in [-0.25, -0.2) is 0 Å². The molecule has 114 valence electrons. The summed E-state index contributed by atoms with van der Waals surface area (Å²) in [5.74, 6) is -1.27. The van der Waals surface area contributed by atoms with Crippen molar-refractivity contribution in [3.63, 3.8) is 0 Å². The number of carboxylic acids is 1. The van der Waals surface area contributed by atoms with Gasteiger partial charge in [-0.05, 0) is 23.6 Å². The van der Waals surface area contributed by atoms with Crippen LogP contribution in [0.5, 0.6) is 0 Å². The molecule has 0 aliphatic carbocycles. The number of nitrogens with zero attached hydrogens (tertiary/aromatic N) is 1. The molecule has 1 aromatic carbocycles. The van der Waals surface area contributed by atoms with Crippen LogP contribution in [0.15, 0.2) is 24.3 Å². The van der Waals surface area contributed by atoms with Crippen molar-refractivity contribution in [1.82, 2.24) is 4.90 Å². The van der Waals surface area contributed by atoms with Crippen molar-refractivity contribution in [3.8, 4) is 0 Å². The average molecular weight is 310 g/mol. The lowest BCUT2D eigenvalue weighted by Crippen LogP contribution is -2.30. The van der Waals surface area contributed by atoms with E-state index >= 15 is 0 Å². The Hall–Kier alpha value is -1.55. The second-order valence-corrected chi connectivity index (χ2v) is 6.44. The van der Waals surface area contributed by atoms with Crippen molar-refractivity contribution >= 4 is 23.5 Å². The van der Waals surface area contributed by atoms with E-state index in [-0.39, 0.29) is 24.3 Å². The molecule has 1 aliphatic heterocycles. The van der Waals surface area contributed by atoms with Crippen molar-refractivity contribution < 1.29 is 14.7 Å². The van der Waals surface area contributed by atoms with Crippen LogP contribution in [0.25, 0.3) is 0 Å². The third-order valence-electron chi connectivity index (χ3n) is 3.87. The van der Waals surface area contributed by atoms with E-state index in [1.165, 1.54) is 0 Å². The van der Waals surface area contributed by atoms with E-state index in [0.29, 0.717) is 18.0 Å². The summed E-state index contributed by atoms with van der Waals surface area (Å²) >= 11 is 5.87. The van der Waals surface area contributed by atoms with E-state index in [1.54, 1.807) is 17.0 Å². The molecule has 1 aliphatic rings.